The first-order chi connectivity index (χ1) is 11.7. The summed E-state index contributed by atoms with van der Waals surface area (Å²) in [5, 5.41) is 0. The van der Waals surface area contributed by atoms with Crippen LogP contribution < -0.4 is 0 Å². The Morgan fingerprint density at radius 3 is 1.88 bits per heavy atom. The third-order valence-corrected chi connectivity index (χ3v) is 3.29. The molecule has 0 saturated heterocycles. The number of carbonyl (C=O) groups excluding carboxylic acids is 2. The van der Waals surface area contributed by atoms with Crippen molar-refractivity contribution in [3.05, 3.63) is 83.4 Å². The van der Waals surface area contributed by atoms with Crippen LogP contribution in [-0.4, -0.2) is 25.2 Å². The van der Waals surface area contributed by atoms with Crippen LogP contribution >= 0.6 is 0 Å². The number of esters is 2. The second-order valence-electron chi connectivity index (χ2n) is 5.28. The molecule has 0 aromatic heterocycles. The molecule has 4 nitrogen and oxygen atoms in total. The average molecular weight is 324 g/mol. The van der Waals surface area contributed by atoms with E-state index in [0.29, 0.717) is 17.5 Å². The molecular formula is C20H20O4. The van der Waals surface area contributed by atoms with Crippen LogP contribution in [0.3, 0.4) is 0 Å². The van der Waals surface area contributed by atoms with Gasteiger partial charge in [0.2, 0.25) is 0 Å². The first kappa shape index (κ1) is 17.5. The molecule has 0 aliphatic rings. The Balaban J connectivity index is 1.69. The summed E-state index contributed by atoms with van der Waals surface area (Å²) in [6.45, 7) is 2.38. The average Bonchev–Trinajstić information content (AvgIpc) is 2.64. The molecule has 0 bridgehead atoms. The zero-order chi connectivity index (χ0) is 17.2. The van der Waals surface area contributed by atoms with Gasteiger partial charge in [-0.3, -0.25) is 0 Å². The maximum Gasteiger partial charge on any atom is 0.338 e. The highest BCUT2D eigenvalue weighted by Gasteiger charge is 2.06. The van der Waals surface area contributed by atoms with Gasteiger partial charge in [0.1, 0.15) is 6.61 Å². The minimum absolute atomic E-state index is 0.223. The van der Waals surface area contributed by atoms with Crippen molar-refractivity contribution >= 4 is 11.9 Å². The van der Waals surface area contributed by atoms with Crippen molar-refractivity contribution in [3.8, 4) is 0 Å². The first-order valence-electron chi connectivity index (χ1n) is 7.77. The van der Waals surface area contributed by atoms with E-state index < -0.39 is 0 Å². The van der Waals surface area contributed by atoms with Crippen LogP contribution in [0.15, 0.2) is 72.3 Å². The maximum absolute atomic E-state index is 11.8. The second-order valence-corrected chi connectivity index (χ2v) is 5.28. The van der Waals surface area contributed by atoms with Gasteiger partial charge in [0.15, 0.2) is 0 Å². The molecule has 0 atom stereocenters. The molecule has 0 amide bonds. The Morgan fingerprint density at radius 1 is 0.833 bits per heavy atom. The standard InChI is InChI=1S/C20H20O4/c1-16(15-24-20(22)18-12-6-3-7-13-18)9-8-14-23-19(21)17-10-4-2-5-11-17/h2-7,9-13H,8,14-15H2,1H3/b16-9+. The fraction of sp³-hybridized carbons (Fsp3) is 0.200. The number of benzene rings is 2. The Morgan fingerprint density at radius 2 is 1.33 bits per heavy atom. The molecular weight excluding hydrogens is 304 g/mol. The van der Waals surface area contributed by atoms with Crippen LogP contribution in [0.25, 0.3) is 0 Å². The highest BCUT2D eigenvalue weighted by atomic mass is 16.5. The van der Waals surface area contributed by atoms with E-state index in [1.54, 1.807) is 48.5 Å². The van der Waals surface area contributed by atoms with Crippen molar-refractivity contribution in [2.24, 2.45) is 0 Å². The van der Waals surface area contributed by atoms with Gasteiger partial charge in [-0.1, -0.05) is 42.5 Å². The van der Waals surface area contributed by atoms with E-state index in [1.165, 1.54) is 0 Å². The van der Waals surface area contributed by atoms with Gasteiger partial charge in [-0.2, -0.15) is 0 Å². The molecule has 0 saturated carbocycles. The summed E-state index contributed by atoms with van der Waals surface area (Å²) in [5.74, 6) is -0.684. The lowest BCUT2D eigenvalue weighted by Gasteiger charge is -2.06. The number of ether oxygens (including phenoxy) is 2. The maximum atomic E-state index is 11.8. The Labute approximate surface area is 141 Å². The summed E-state index contributed by atoms with van der Waals surface area (Å²) in [6, 6.07) is 17.7. The number of carbonyl (C=O) groups is 2. The summed E-state index contributed by atoms with van der Waals surface area (Å²) in [7, 11) is 0. The van der Waals surface area contributed by atoms with Crippen LogP contribution in [-0.2, 0) is 9.47 Å². The van der Waals surface area contributed by atoms with Gasteiger partial charge in [-0.05, 0) is 43.2 Å². The van der Waals surface area contributed by atoms with Crippen LogP contribution in [0, 0.1) is 0 Å². The molecule has 0 radical (unpaired) electrons. The lowest BCUT2D eigenvalue weighted by atomic mass is 10.2. The predicted molar refractivity (Wildman–Crippen MR) is 91.8 cm³/mol. The molecule has 0 heterocycles. The summed E-state index contributed by atoms with van der Waals surface area (Å²) >= 11 is 0. The fourth-order valence-electron chi connectivity index (χ4n) is 2.01. The molecule has 0 aliphatic carbocycles. The molecule has 0 N–H and O–H groups in total. The summed E-state index contributed by atoms with van der Waals surface area (Å²) < 4.78 is 10.4. The SMILES string of the molecule is C/C(=C\CCOC(=O)c1ccccc1)COC(=O)c1ccccc1. The highest BCUT2D eigenvalue weighted by molar-refractivity contribution is 5.89. The summed E-state index contributed by atoms with van der Waals surface area (Å²) in [6.07, 6.45) is 2.48. The van der Waals surface area contributed by atoms with Crippen molar-refractivity contribution in [2.75, 3.05) is 13.2 Å². The van der Waals surface area contributed by atoms with E-state index in [-0.39, 0.29) is 25.2 Å². The molecule has 4 heteroatoms. The number of hydrogen-bond acceptors (Lipinski definition) is 4. The van der Waals surface area contributed by atoms with E-state index in [9.17, 15) is 9.59 Å². The van der Waals surface area contributed by atoms with Crippen LogP contribution in [0.4, 0.5) is 0 Å². The molecule has 124 valence electrons. The molecule has 24 heavy (non-hydrogen) atoms. The molecule has 0 unspecified atom stereocenters. The predicted octanol–water partition coefficient (Wildman–Crippen LogP) is 4.04. The Hall–Kier alpha value is -2.88. The van der Waals surface area contributed by atoms with Gasteiger partial charge in [-0.15, -0.1) is 0 Å². The molecule has 2 rings (SSSR count). The molecule has 0 aliphatic heterocycles. The molecule has 0 fully saturated rings. The van der Waals surface area contributed by atoms with Gasteiger partial charge in [0, 0.05) is 0 Å². The Bertz CT molecular complexity index is 690. The van der Waals surface area contributed by atoms with Crippen LogP contribution in [0.5, 0.6) is 0 Å². The third kappa shape index (κ3) is 5.72. The lowest BCUT2D eigenvalue weighted by molar-refractivity contribution is 0.0511. The zero-order valence-corrected chi connectivity index (χ0v) is 13.6. The fourth-order valence-corrected chi connectivity index (χ4v) is 2.01. The smallest absolute Gasteiger partial charge is 0.338 e. The minimum Gasteiger partial charge on any atom is -0.462 e. The van der Waals surface area contributed by atoms with Gasteiger partial charge >= 0.3 is 11.9 Å². The summed E-state index contributed by atoms with van der Waals surface area (Å²) in [4.78, 5) is 23.6. The van der Waals surface area contributed by atoms with E-state index in [1.807, 2.05) is 25.1 Å². The topological polar surface area (TPSA) is 52.6 Å². The van der Waals surface area contributed by atoms with E-state index in [4.69, 9.17) is 9.47 Å². The van der Waals surface area contributed by atoms with Crippen molar-refractivity contribution in [1.82, 2.24) is 0 Å². The van der Waals surface area contributed by atoms with Crippen LogP contribution in [0.2, 0.25) is 0 Å². The van der Waals surface area contributed by atoms with Gasteiger partial charge in [0.25, 0.3) is 0 Å². The number of rotatable bonds is 7. The van der Waals surface area contributed by atoms with E-state index in [2.05, 4.69) is 0 Å². The van der Waals surface area contributed by atoms with E-state index in [0.717, 1.165) is 5.57 Å². The molecule has 0 spiro atoms. The first-order valence-corrected chi connectivity index (χ1v) is 7.77. The molecule has 2 aromatic carbocycles. The van der Waals surface area contributed by atoms with Gasteiger partial charge in [-0.25, -0.2) is 9.59 Å². The highest BCUT2D eigenvalue weighted by Crippen LogP contribution is 2.05. The largest absolute Gasteiger partial charge is 0.462 e. The van der Waals surface area contributed by atoms with Crippen molar-refractivity contribution < 1.29 is 19.1 Å². The zero-order valence-electron chi connectivity index (χ0n) is 13.6. The lowest BCUT2D eigenvalue weighted by Crippen LogP contribution is -2.08. The second kappa shape index (κ2) is 9.30. The number of hydrogen-bond donors (Lipinski definition) is 0. The minimum atomic E-state index is -0.348. The summed E-state index contributed by atoms with van der Waals surface area (Å²) in [5.41, 5.74) is 1.98. The van der Waals surface area contributed by atoms with E-state index >= 15 is 0 Å². The van der Waals surface area contributed by atoms with Crippen LogP contribution in [0.1, 0.15) is 34.1 Å². The monoisotopic (exact) mass is 324 g/mol. The van der Waals surface area contributed by atoms with Crippen molar-refractivity contribution in [1.29, 1.82) is 0 Å². The van der Waals surface area contributed by atoms with Crippen molar-refractivity contribution in [3.63, 3.8) is 0 Å². The molecule has 2 aromatic rings. The van der Waals surface area contributed by atoms with Gasteiger partial charge < -0.3 is 9.47 Å². The van der Waals surface area contributed by atoms with Crippen molar-refractivity contribution in [2.45, 2.75) is 13.3 Å². The third-order valence-electron chi connectivity index (χ3n) is 3.29. The quantitative estimate of drug-likeness (QED) is 0.438. The van der Waals surface area contributed by atoms with Gasteiger partial charge in [0.05, 0.1) is 17.7 Å². The Kier molecular flexibility index (Phi) is 6.77. The normalized spacial score (nSPS) is 11.0.